The zero-order valence-corrected chi connectivity index (χ0v) is 19.0. The lowest BCUT2D eigenvalue weighted by Gasteiger charge is -2.30. The highest BCUT2D eigenvalue weighted by Gasteiger charge is 2.28. The van der Waals surface area contributed by atoms with Gasteiger partial charge in [-0.05, 0) is 35.9 Å². The summed E-state index contributed by atoms with van der Waals surface area (Å²) in [6.07, 6.45) is 1.81. The Morgan fingerprint density at radius 1 is 1.13 bits per heavy atom. The van der Waals surface area contributed by atoms with Crippen LogP contribution in [0.5, 0.6) is 0 Å². The number of halogens is 1. The zero-order valence-electron chi connectivity index (χ0n) is 19.0. The predicted octanol–water partition coefficient (Wildman–Crippen LogP) is 3.57. The predicted molar refractivity (Wildman–Crippen MR) is 122 cm³/mol. The van der Waals surface area contributed by atoms with Crippen molar-refractivity contribution < 1.29 is 13.9 Å². The van der Waals surface area contributed by atoms with E-state index in [1.165, 1.54) is 12.1 Å². The van der Waals surface area contributed by atoms with Gasteiger partial charge in [-0.3, -0.25) is 9.69 Å². The molecule has 0 radical (unpaired) electrons. The lowest BCUT2D eigenvalue weighted by Crippen LogP contribution is -2.40. The topological polar surface area (TPSA) is 48.9 Å². The van der Waals surface area contributed by atoms with Gasteiger partial charge >= 0.3 is 0 Å². The second kappa shape index (κ2) is 10.2. The van der Waals surface area contributed by atoms with Crippen LogP contribution >= 0.6 is 0 Å². The monoisotopic (exact) mass is 428 g/mol. The Morgan fingerprint density at radius 2 is 1.81 bits per heavy atom. The summed E-state index contributed by atoms with van der Waals surface area (Å²) in [5.41, 5.74) is 1.04. The number of aromatic nitrogens is 1. The van der Waals surface area contributed by atoms with Crippen molar-refractivity contribution in [3.8, 4) is 0 Å². The minimum Gasteiger partial charge on any atom is -0.379 e. The number of pyridine rings is 1. The Bertz CT molecular complexity index is 843. The lowest BCUT2D eigenvalue weighted by molar-refractivity contribution is -0.125. The number of likely N-dealkylation sites (N-methyl/N-ethyl adjacent to an activating group) is 1. The quantitative estimate of drug-likeness (QED) is 0.675. The van der Waals surface area contributed by atoms with Crippen molar-refractivity contribution in [1.82, 2.24) is 9.88 Å². The van der Waals surface area contributed by atoms with Crippen LogP contribution in [0.3, 0.4) is 0 Å². The molecule has 0 N–H and O–H groups in total. The molecule has 1 saturated heterocycles. The van der Waals surface area contributed by atoms with Crippen molar-refractivity contribution in [2.24, 2.45) is 5.41 Å². The maximum absolute atomic E-state index is 13.4. The minimum absolute atomic E-state index is 0.0224. The molecule has 2 aromatic rings. The van der Waals surface area contributed by atoms with Crippen LogP contribution in [-0.2, 0) is 16.1 Å². The minimum atomic E-state index is -0.554. The number of nitrogens with zero attached hydrogens (tertiary/aromatic N) is 4. The van der Waals surface area contributed by atoms with Gasteiger partial charge in [0.1, 0.15) is 11.6 Å². The molecule has 1 aliphatic rings. The molecule has 31 heavy (non-hydrogen) atoms. The number of carbonyl (C=O) groups is 1. The van der Waals surface area contributed by atoms with Gasteiger partial charge in [-0.2, -0.15) is 0 Å². The molecule has 7 heteroatoms. The Balaban J connectivity index is 1.67. The van der Waals surface area contributed by atoms with E-state index in [0.29, 0.717) is 12.2 Å². The molecule has 0 unspecified atom stereocenters. The molecule has 2 heterocycles. The van der Waals surface area contributed by atoms with Crippen LogP contribution in [0.2, 0.25) is 0 Å². The van der Waals surface area contributed by atoms with Gasteiger partial charge in [-0.25, -0.2) is 9.37 Å². The lowest BCUT2D eigenvalue weighted by atomic mass is 9.94. The molecule has 1 aliphatic heterocycles. The number of benzene rings is 1. The normalized spacial score (nSPS) is 15.0. The standard InChI is InChI=1S/C24H33FN4O2/c1-24(2,3)23(30)29(21-8-6-20(25)7-9-21)18-19-5-10-22(26-17-19)27(4)11-12-28-13-15-31-16-14-28/h5-10,17H,11-16,18H2,1-4H3. The molecule has 1 fully saturated rings. The summed E-state index contributed by atoms with van der Waals surface area (Å²) in [5.74, 6) is 0.552. The van der Waals surface area contributed by atoms with E-state index >= 15 is 0 Å². The maximum atomic E-state index is 13.4. The van der Waals surface area contributed by atoms with Gasteiger partial charge in [0.2, 0.25) is 5.91 Å². The molecule has 1 amide bonds. The third kappa shape index (κ3) is 6.48. The van der Waals surface area contributed by atoms with Crippen molar-refractivity contribution in [3.05, 3.63) is 54.0 Å². The summed E-state index contributed by atoms with van der Waals surface area (Å²) in [5, 5.41) is 0. The van der Waals surface area contributed by atoms with Crippen LogP contribution in [0.4, 0.5) is 15.9 Å². The molecule has 168 valence electrons. The van der Waals surface area contributed by atoms with E-state index in [2.05, 4.69) is 14.8 Å². The molecule has 0 spiro atoms. The van der Waals surface area contributed by atoms with Gasteiger partial charge < -0.3 is 14.5 Å². The van der Waals surface area contributed by atoms with Crippen LogP contribution in [0.25, 0.3) is 0 Å². The maximum Gasteiger partial charge on any atom is 0.232 e. The SMILES string of the molecule is CN(CCN1CCOCC1)c1ccc(CN(C(=O)C(C)(C)C)c2ccc(F)cc2)cn1. The first-order valence-corrected chi connectivity index (χ1v) is 10.8. The third-order valence-electron chi connectivity index (χ3n) is 5.42. The molecule has 1 aromatic carbocycles. The number of hydrogen-bond acceptors (Lipinski definition) is 5. The summed E-state index contributed by atoms with van der Waals surface area (Å²) in [7, 11) is 2.04. The van der Waals surface area contributed by atoms with Crippen LogP contribution < -0.4 is 9.80 Å². The second-order valence-corrected chi connectivity index (χ2v) is 9.02. The van der Waals surface area contributed by atoms with E-state index in [-0.39, 0.29) is 11.7 Å². The average Bonchev–Trinajstić information content (AvgIpc) is 2.76. The molecule has 6 nitrogen and oxygen atoms in total. The first kappa shape index (κ1) is 23.2. The fourth-order valence-corrected chi connectivity index (χ4v) is 3.46. The van der Waals surface area contributed by atoms with Crippen molar-refractivity contribution >= 4 is 17.4 Å². The number of carbonyl (C=O) groups excluding carboxylic acids is 1. The van der Waals surface area contributed by atoms with E-state index in [9.17, 15) is 9.18 Å². The molecule has 3 rings (SSSR count). The summed E-state index contributed by atoms with van der Waals surface area (Å²) in [4.78, 5) is 23.9. The fourth-order valence-electron chi connectivity index (χ4n) is 3.46. The van der Waals surface area contributed by atoms with Crippen LogP contribution in [0.15, 0.2) is 42.6 Å². The van der Waals surface area contributed by atoms with Gasteiger partial charge in [-0.15, -0.1) is 0 Å². The number of anilines is 2. The Kier molecular flexibility index (Phi) is 7.62. The van der Waals surface area contributed by atoms with E-state index in [1.807, 2.05) is 46.1 Å². The van der Waals surface area contributed by atoms with Crippen molar-refractivity contribution in [1.29, 1.82) is 0 Å². The first-order chi connectivity index (χ1) is 14.7. The number of morpholine rings is 1. The van der Waals surface area contributed by atoms with E-state index in [4.69, 9.17) is 4.74 Å². The highest BCUT2D eigenvalue weighted by Crippen LogP contribution is 2.26. The van der Waals surface area contributed by atoms with Crippen LogP contribution in [-0.4, -0.2) is 62.2 Å². The third-order valence-corrected chi connectivity index (χ3v) is 5.42. The van der Waals surface area contributed by atoms with Crippen molar-refractivity contribution in [2.45, 2.75) is 27.3 Å². The molecule has 0 bridgehead atoms. The highest BCUT2D eigenvalue weighted by molar-refractivity contribution is 5.96. The summed E-state index contributed by atoms with van der Waals surface area (Å²) in [6, 6.07) is 10.0. The van der Waals surface area contributed by atoms with Gasteiger partial charge in [0, 0.05) is 50.5 Å². The smallest absolute Gasteiger partial charge is 0.232 e. The molecule has 0 saturated carbocycles. The molecule has 0 aliphatic carbocycles. The summed E-state index contributed by atoms with van der Waals surface area (Å²) in [6.45, 7) is 11.4. The molecular formula is C24H33FN4O2. The van der Waals surface area contributed by atoms with Crippen molar-refractivity contribution in [2.75, 3.05) is 56.2 Å². The van der Waals surface area contributed by atoms with E-state index in [0.717, 1.165) is 50.8 Å². The number of rotatable bonds is 7. The van der Waals surface area contributed by atoms with Gasteiger partial charge in [0.15, 0.2) is 0 Å². The Morgan fingerprint density at radius 3 is 2.39 bits per heavy atom. The zero-order chi connectivity index (χ0) is 22.4. The number of amides is 1. The van der Waals surface area contributed by atoms with Gasteiger partial charge in [-0.1, -0.05) is 26.8 Å². The largest absolute Gasteiger partial charge is 0.379 e. The molecule has 0 atom stereocenters. The fraction of sp³-hybridized carbons (Fsp3) is 0.500. The van der Waals surface area contributed by atoms with Crippen LogP contribution in [0, 0.1) is 11.2 Å². The Hall–Kier alpha value is -2.51. The van der Waals surface area contributed by atoms with Gasteiger partial charge in [0.25, 0.3) is 0 Å². The highest BCUT2D eigenvalue weighted by atomic mass is 19.1. The van der Waals surface area contributed by atoms with Gasteiger partial charge in [0.05, 0.1) is 19.8 Å². The van der Waals surface area contributed by atoms with Crippen LogP contribution in [0.1, 0.15) is 26.3 Å². The van der Waals surface area contributed by atoms with Crippen molar-refractivity contribution in [3.63, 3.8) is 0 Å². The molecular weight excluding hydrogens is 395 g/mol. The van der Waals surface area contributed by atoms with E-state index < -0.39 is 5.41 Å². The number of ether oxygens (including phenoxy) is 1. The molecule has 1 aromatic heterocycles. The first-order valence-electron chi connectivity index (χ1n) is 10.8. The summed E-state index contributed by atoms with van der Waals surface area (Å²) < 4.78 is 18.8. The average molecular weight is 429 g/mol. The van der Waals surface area contributed by atoms with E-state index in [1.54, 1.807) is 17.0 Å². The second-order valence-electron chi connectivity index (χ2n) is 9.02. The number of hydrogen-bond donors (Lipinski definition) is 0. The Labute approximate surface area is 184 Å². The summed E-state index contributed by atoms with van der Waals surface area (Å²) >= 11 is 0.